The fourth-order valence-corrected chi connectivity index (χ4v) is 1.85. The van der Waals surface area contributed by atoms with Gasteiger partial charge in [-0.05, 0) is 31.5 Å². The SMILES string of the molecule is CC1(C)CNC(=O)CN1Cc1ccncc1. The molecular weight excluding hydrogens is 202 g/mol. The number of carbonyl (C=O) groups excluding carboxylic acids is 1. The van der Waals surface area contributed by atoms with Crippen LogP contribution in [0.2, 0.25) is 0 Å². The largest absolute Gasteiger partial charge is 0.353 e. The number of hydrogen-bond donors (Lipinski definition) is 1. The topological polar surface area (TPSA) is 45.2 Å². The van der Waals surface area contributed by atoms with E-state index in [2.05, 4.69) is 29.0 Å². The van der Waals surface area contributed by atoms with Crippen LogP contribution < -0.4 is 5.32 Å². The molecule has 1 aliphatic heterocycles. The Morgan fingerprint density at radius 1 is 1.44 bits per heavy atom. The molecular formula is C12H17N3O. The number of aromatic nitrogens is 1. The Labute approximate surface area is 95.7 Å². The van der Waals surface area contributed by atoms with Crippen LogP contribution in [0.15, 0.2) is 24.5 Å². The van der Waals surface area contributed by atoms with Crippen molar-refractivity contribution in [1.29, 1.82) is 0 Å². The van der Waals surface area contributed by atoms with Gasteiger partial charge in [0, 0.05) is 31.0 Å². The molecule has 1 N–H and O–H groups in total. The van der Waals surface area contributed by atoms with Crippen molar-refractivity contribution < 1.29 is 4.79 Å². The Bertz CT molecular complexity index is 375. The third kappa shape index (κ3) is 2.39. The van der Waals surface area contributed by atoms with Crippen LogP contribution >= 0.6 is 0 Å². The van der Waals surface area contributed by atoms with E-state index in [1.807, 2.05) is 12.1 Å². The normalized spacial score (nSPS) is 20.5. The molecule has 0 aliphatic carbocycles. The number of nitrogens with one attached hydrogen (secondary N) is 1. The van der Waals surface area contributed by atoms with Crippen LogP contribution in [-0.2, 0) is 11.3 Å². The lowest BCUT2D eigenvalue weighted by molar-refractivity contribution is -0.128. The summed E-state index contributed by atoms with van der Waals surface area (Å²) in [4.78, 5) is 17.6. The summed E-state index contributed by atoms with van der Waals surface area (Å²) in [5.41, 5.74) is 1.20. The number of rotatable bonds is 2. The average molecular weight is 219 g/mol. The summed E-state index contributed by atoms with van der Waals surface area (Å²) in [7, 11) is 0. The highest BCUT2D eigenvalue weighted by Crippen LogP contribution is 2.19. The summed E-state index contributed by atoms with van der Waals surface area (Å²) in [6.07, 6.45) is 3.57. The molecule has 16 heavy (non-hydrogen) atoms. The molecule has 4 nitrogen and oxygen atoms in total. The van der Waals surface area contributed by atoms with Gasteiger partial charge in [-0.25, -0.2) is 0 Å². The lowest BCUT2D eigenvalue weighted by atomic mass is 9.99. The minimum absolute atomic E-state index is 0.0111. The van der Waals surface area contributed by atoms with E-state index >= 15 is 0 Å². The third-order valence-electron chi connectivity index (χ3n) is 3.03. The van der Waals surface area contributed by atoms with E-state index in [9.17, 15) is 4.79 Å². The molecule has 86 valence electrons. The molecule has 0 atom stereocenters. The third-order valence-corrected chi connectivity index (χ3v) is 3.03. The number of carbonyl (C=O) groups is 1. The van der Waals surface area contributed by atoms with E-state index < -0.39 is 0 Å². The first-order chi connectivity index (χ1) is 7.58. The van der Waals surface area contributed by atoms with Crippen molar-refractivity contribution in [3.8, 4) is 0 Å². The van der Waals surface area contributed by atoms with Gasteiger partial charge in [-0.1, -0.05) is 0 Å². The molecule has 2 heterocycles. The summed E-state index contributed by atoms with van der Waals surface area (Å²) in [6, 6.07) is 3.98. The van der Waals surface area contributed by atoms with E-state index in [4.69, 9.17) is 0 Å². The zero-order valence-electron chi connectivity index (χ0n) is 9.73. The zero-order chi connectivity index (χ0) is 11.6. The standard InChI is InChI=1S/C12H17N3O/c1-12(2)9-14-11(16)8-15(12)7-10-3-5-13-6-4-10/h3-6H,7-9H2,1-2H3,(H,14,16). The number of pyridine rings is 1. The summed E-state index contributed by atoms with van der Waals surface area (Å²) in [6.45, 7) is 6.26. The Morgan fingerprint density at radius 3 is 2.81 bits per heavy atom. The zero-order valence-corrected chi connectivity index (χ0v) is 9.73. The predicted molar refractivity (Wildman–Crippen MR) is 61.7 cm³/mol. The highest BCUT2D eigenvalue weighted by atomic mass is 16.2. The van der Waals surface area contributed by atoms with Gasteiger partial charge < -0.3 is 5.32 Å². The van der Waals surface area contributed by atoms with Crippen LogP contribution in [0.1, 0.15) is 19.4 Å². The molecule has 2 rings (SSSR count). The van der Waals surface area contributed by atoms with Crippen molar-refractivity contribution in [2.45, 2.75) is 25.9 Å². The monoisotopic (exact) mass is 219 g/mol. The van der Waals surface area contributed by atoms with Gasteiger partial charge >= 0.3 is 0 Å². The molecule has 4 heteroatoms. The van der Waals surface area contributed by atoms with Crippen LogP contribution in [0.4, 0.5) is 0 Å². The summed E-state index contributed by atoms with van der Waals surface area (Å²) in [5.74, 6) is 0.105. The Hall–Kier alpha value is -1.42. The molecule has 1 aromatic rings. The lowest BCUT2D eigenvalue weighted by Gasteiger charge is -2.42. The fraction of sp³-hybridized carbons (Fsp3) is 0.500. The molecule has 0 spiro atoms. The molecule has 0 radical (unpaired) electrons. The molecule has 1 aromatic heterocycles. The van der Waals surface area contributed by atoms with E-state index in [1.165, 1.54) is 5.56 Å². The van der Waals surface area contributed by atoms with Crippen LogP contribution in [0.3, 0.4) is 0 Å². The fourth-order valence-electron chi connectivity index (χ4n) is 1.85. The molecule has 0 unspecified atom stereocenters. The highest BCUT2D eigenvalue weighted by molar-refractivity contribution is 5.79. The van der Waals surface area contributed by atoms with Gasteiger partial charge in [0.05, 0.1) is 6.54 Å². The quantitative estimate of drug-likeness (QED) is 0.800. The van der Waals surface area contributed by atoms with Gasteiger partial charge in [0.15, 0.2) is 0 Å². The Morgan fingerprint density at radius 2 is 2.12 bits per heavy atom. The van der Waals surface area contributed by atoms with E-state index in [-0.39, 0.29) is 11.4 Å². The molecule has 1 amide bonds. The van der Waals surface area contributed by atoms with Crippen LogP contribution in [0, 0.1) is 0 Å². The van der Waals surface area contributed by atoms with Crippen molar-refractivity contribution in [2.24, 2.45) is 0 Å². The Kier molecular flexibility index (Phi) is 2.92. The highest BCUT2D eigenvalue weighted by Gasteiger charge is 2.32. The summed E-state index contributed by atoms with van der Waals surface area (Å²) < 4.78 is 0. The average Bonchev–Trinajstić information content (AvgIpc) is 2.26. The smallest absolute Gasteiger partial charge is 0.234 e. The van der Waals surface area contributed by atoms with Crippen LogP contribution in [-0.4, -0.2) is 34.4 Å². The second-order valence-corrected chi connectivity index (χ2v) is 4.80. The maximum atomic E-state index is 11.4. The number of amides is 1. The molecule has 0 bridgehead atoms. The predicted octanol–water partition coefficient (Wildman–Crippen LogP) is 0.792. The minimum Gasteiger partial charge on any atom is -0.353 e. The van der Waals surface area contributed by atoms with Gasteiger partial charge in [-0.15, -0.1) is 0 Å². The lowest BCUT2D eigenvalue weighted by Crippen LogP contribution is -2.59. The van der Waals surface area contributed by atoms with Gasteiger partial charge in [0.1, 0.15) is 0 Å². The molecule has 0 saturated carbocycles. The second kappa shape index (κ2) is 4.22. The second-order valence-electron chi connectivity index (χ2n) is 4.80. The van der Waals surface area contributed by atoms with Crippen LogP contribution in [0.25, 0.3) is 0 Å². The first kappa shape index (κ1) is 11.1. The van der Waals surface area contributed by atoms with E-state index in [0.29, 0.717) is 13.1 Å². The number of piperazine rings is 1. The number of hydrogen-bond acceptors (Lipinski definition) is 3. The van der Waals surface area contributed by atoms with E-state index in [1.54, 1.807) is 12.4 Å². The minimum atomic E-state index is 0.0111. The van der Waals surface area contributed by atoms with E-state index in [0.717, 1.165) is 6.54 Å². The molecule has 1 fully saturated rings. The van der Waals surface area contributed by atoms with Crippen molar-refractivity contribution in [2.75, 3.05) is 13.1 Å². The Balaban J connectivity index is 2.10. The van der Waals surface area contributed by atoms with Crippen LogP contribution in [0.5, 0.6) is 0 Å². The molecule has 0 aromatic carbocycles. The van der Waals surface area contributed by atoms with Crippen molar-refractivity contribution in [3.05, 3.63) is 30.1 Å². The maximum absolute atomic E-state index is 11.4. The summed E-state index contributed by atoms with van der Waals surface area (Å²) >= 11 is 0. The summed E-state index contributed by atoms with van der Waals surface area (Å²) in [5, 5.41) is 2.90. The molecule has 1 saturated heterocycles. The first-order valence-electron chi connectivity index (χ1n) is 5.48. The van der Waals surface area contributed by atoms with Gasteiger partial charge in [0.25, 0.3) is 0 Å². The first-order valence-corrected chi connectivity index (χ1v) is 5.48. The maximum Gasteiger partial charge on any atom is 0.234 e. The molecule has 1 aliphatic rings. The van der Waals surface area contributed by atoms with Crippen molar-refractivity contribution >= 4 is 5.91 Å². The van der Waals surface area contributed by atoms with Gasteiger partial charge in [0.2, 0.25) is 5.91 Å². The van der Waals surface area contributed by atoms with Gasteiger partial charge in [-0.2, -0.15) is 0 Å². The van der Waals surface area contributed by atoms with Crippen molar-refractivity contribution in [1.82, 2.24) is 15.2 Å². The van der Waals surface area contributed by atoms with Gasteiger partial charge in [-0.3, -0.25) is 14.7 Å². The number of nitrogens with zero attached hydrogens (tertiary/aromatic N) is 2. The van der Waals surface area contributed by atoms with Crippen molar-refractivity contribution in [3.63, 3.8) is 0 Å².